The second-order valence-electron chi connectivity index (χ2n) is 9.52. The lowest BCUT2D eigenvalue weighted by atomic mass is 9.92. The van der Waals surface area contributed by atoms with Crippen LogP contribution in [0, 0.1) is 6.92 Å². The Morgan fingerprint density at radius 1 is 1.23 bits per heavy atom. The second kappa shape index (κ2) is 11.1. The minimum atomic E-state index is -0.248. The summed E-state index contributed by atoms with van der Waals surface area (Å²) >= 11 is 1.70. The average Bonchev–Trinajstić information content (AvgIpc) is 3.21. The molecule has 0 bridgehead atoms. The number of thioether (sulfide) groups is 1. The molecular weight excluding hydrogens is 462 g/mol. The highest BCUT2D eigenvalue weighted by atomic mass is 32.2. The van der Waals surface area contributed by atoms with E-state index >= 15 is 0 Å². The van der Waals surface area contributed by atoms with Gasteiger partial charge in [0.15, 0.2) is 5.16 Å². The smallest absolute Gasteiger partial charge is 0.252 e. The predicted octanol–water partition coefficient (Wildman–Crippen LogP) is 2.79. The maximum absolute atomic E-state index is 13.2. The first-order chi connectivity index (χ1) is 17.1. The van der Waals surface area contributed by atoms with Gasteiger partial charge in [-0.2, -0.15) is 0 Å². The van der Waals surface area contributed by atoms with E-state index in [4.69, 9.17) is 9.72 Å². The fourth-order valence-electron chi connectivity index (χ4n) is 5.22. The first-order valence-electron chi connectivity index (χ1n) is 12.5. The Morgan fingerprint density at radius 2 is 2.06 bits per heavy atom. The molecule has 2 aromatic rings. The molecule has 2 fully saturated rings. The van der Waals surface area contributed by atoms with Crippen LogP contribution < -0.4 is 5.32 Å². The second-order valence-corrected chi connectivity index (χ2v) is 10.6. The van der Waals surface area contributed by atoms with E-state index in [1.807, 2.05) is 35.4 Å². The number of piperidine rings is 1. The summed E-state index contributed by atoms with van der Waals surface area (Å²) in [5.41, 5.74) is 3.74. The Labute approximate surface area is 210 Å². The van der Waals surface area contributed by atoms with E-state index in [9.17, 15) is 9.59 Å². The minimum absolute atomic E-state index is 0.0866. The van der Waals surface area contributed by atoms with E-state index in [2.05, 4.69) is 22.1 Å². The number of fused-ring (bicyclic) bond motifs is 1. The van der Waals surface area contributed by atoms with Crippen LogP contribution in [-0.4, -0.2) is 83.3 Å². The maximum atomic E-state index is 13.2. The average molecular weight is 496 g/mol. The largest absolute Gasteiger partial charge is 0.379 e. The summed E-state index contributed by atoms with van der Waals surface area (Å²) in [7, 11) is 0. The Morgan fingerprint density at radius 3 is 2.91 bits per heavy atom. The van der Waals surface area contributed by atoms with Crippen molar-refractivity contribution in [2.45, 2.75) is 43.3 Å². The number of amides is 2. The number of carbonyl (C=O) groups is 2. The van der Waals surface area contributed by atoms with Gasteiger partial charge in [-0.15, -0.1) is 0 Å². The van der Waals surface area contributed by atoms with Crippen molar-refractivity contribution in [3.05, 3.63) is 52.8 Å². The SMILES string of the molecule is Cc1cnc(SCCN2CCOCC2)nc1[C@H]1CCCN(C(=O)C[C@H]2NC(=O)c3ccccc32)C1. The van der Waals surface area contributed by atoms with Gasteiger partial charge < -0.3 is 15.0 Å². The molecule has 0 aliphatic carbocycles. The highest BCUT2D eigenvalue weighted by Gasteiger charge is 2.33. The molecule has 0 unspecified atom stereocenters. The van der Waals surface area contributed by atoms with Crippen LogP contribution in [0.4, 0.5) is 0 Å². The predicted molar refractivity (Wildman–Crippen MR) is 135 cm³/mol. The molecule has 9 heteroatoms. The topological polar surface area (TPSA) is 87.7 Å². The minimum Gasteiger partial charge on any atom is -0.379 e. The van der Waals surface area contributed by atoms with E-state index < -0.39 is 0 Å². The number of carbonyl (C=O) groups excluding carboxylic acids is 2. The summed E-state index contributed by atoms with van der Waals surface area (Å²) in [6.07, 6.45) is 4.18. The summed E-state index contributed by atoms with van der Waals surface area (Å²) < 4.78 is 5.42. The van der Waals surface area contributed by atoms with Gasteiger partial charge in [-0.3, -0.25) is 14.5 Å². The third-order valence-electron chi connectivity index (χ3n) is 7.16. The fourth-order valence-corrected chi connectivity index (χ4v) is 6.05. The van der Waals surface area contributed by atoms with Crippen molar-refractivity contribution in [3.63, 3.8) is 0 Å². The van der Waals surface area contributed by atoms with Crippen LogP contribution in [0.25, 0.3) is 0 Å². The fraction of sp³-hybridized carbons (Fsp3) is 0.538. The molecule has 0 radical (unpaired) electrons. The van der Waals surface area contributed by atoms with Crippen LogP contribution in [0.15, 0.2) is 35.6 Å². The van der Waals surface area contributed by atoms with E-state index in [0.29, 0.717) is 18.5 Å². The van der Waals surface area contributed by atoms with Gasteiger partial charge in [-0.1, -0.05) is 30.0 Å². The summed E-state index contributed by atoms with van der Waals surface area (Å²) in [5.74, 6) is 1.15. The number of hydrogen-bond acceptors (Lipinski definition) is 7. The molecule has 0 spiro atoms. The third-order valence-corrected chi connectivity index (χ3v) is 8.00. The lowest BCUT2D eigenvalue weighted by Gasteiger charge is -2.33. The van der Waals surface area contributed by atoms with Gasteiger partial charge in [-0.25, -0.2) is 9.97 Å². The Balaban J connectivity index is 1.19. The number of aryl methyl sites for hydroxylation is 1. The van der Waals surface area contributed by atoms with E-state index in [-0.39, 0.29) is 23.8 Å². The van der Waals surface area contributed by atoms with Gasteiger partial charge in [-0.05, 0) is 37.0 Å². The molecule has 2 amide bonds. The van der Waals surface area contributed by atoms with Crippen molar-refractivity contribution < 1.29 is 14.3 Å². The van der Waals surface area contributed by atoms with Crippen LogP contribution in [0.1, 0.15) is 58.4 Å². The first-order valence-corrected chi connectivity index (χ1v) is 13.5. The number of likely N-dealkylation sites (tertiary alicyclic amines) is 1. The summed E-state index contributed by atoms with van der Waals surface area (Å²) in [4.78, 5) is 39.3. The summed E-state index contributed by atoms with van der Waals surface area (Å²) in [5, 5.41) is 3.78. The number of benzene rings is 1. The number of morpholine rings is 1. The van der Waals surface area contributed by atoms with Crippen LogP contribution in [-0.2, 0) is 9.53 Å². The van der Waals surface area contributed by atoms with Crippen molar-refractivity contribution in [3.8, 4) is 0 Å². The molecule has 186 valence electrons. The van der Waals surface area contributed by atoms with Crippen LogP contribution in [0.5, 0.6) is 0 Å². The van der Waals surface area contributed by atoms with Gasteiger partial charge in [0.05, 0.1) is 31.4 Å². The molecule has 0 saturated carbocycles. The molecule has 5 rings (SSSR count). The van der Waals surface area contributed by atoms with Crippen LogP contribution in [0.2, 0.25) is 0 Å². The lowest BCUT2D eigenvalue weighted by molar-refractivity contribution is -0.132. The standard InChI is InChI=1S/C26H33N5O3S/c1-18-16-27-26(35-14-11-30-9-12-34-13-10-30)29-24(18)19-5-4-8-31(17-19)23(32)15-22-20-6-2-3-7-21(20)25(33)28-22/h2-3,6-7,16,19,22H,4-5,8-15,17H2,1H3,(H,28,33)/t19-,22+/m0/s1. The molecule has 1 N–H and O–H groups in total. The van der Waals surface area contributed by atoms with Crippen LogP contribution in [0.3, 0.4) is 0 Å². The molecule has 3 aliphatic rings. The zero-order chi connectivity index (χ0) is 24.2. The molecule has 8 nitrogen and oxygen atoms in total. The molecular formula is C26H33N5O3S. The van der Waals surface area contributed by atoms with E-state index in [1.54, 1.807) is 11.8 Å². The Kier molecular flexibility index (Phi) is 7.65. The molecule has 4 heterocycles. The highest BCUT2D eigenvalue weighted by molar-refractivity contribution is 7.99. The van der Waals surface area contributed by atoms with Crippen molar-refractivity contribution >= 4 is 23.6 Å². The normalized spacial score (nSPS) is 22.7. The number of nitrogens with zero attached hydrogens (tertiary/aromatic N) is 4. The van der Waals surface area contributed by atoms with Gasteiger partial charge in [0.2, 0.25) is 5.91 Å². The number of rotatable bonds is 7. The molecule has 2 saturated heterocycles. The van der Waals surface area contributed by atoms with Gasteiger partial charge in [0, 0.05) is 56.2 Å². The monoisotopic (exact) mass is 495 g/mol. The number of ether oxygens (including phenoxy) is 1. The molecule has 35 heavy (non-hydrogen) atoms. The van der Waals surface area contributed by atoms with Crippen molar-refractivity contribution in [2.24, 2.45) is 0 Å². The molecule has 2 atom stereocenters. The van der Waals surface area contributed by atoms with Gasteiger partial charge >= 0.3 is 0 Å². The van der Waals surface area contributed by atoms with Gasteiger partial charge in [0.25, 0.3) is 5.91 Å². The number of aromatic nitrogens is 2. The van der Waals surface area contributed by atoms with Crippen molar-refractivity contribution in [1.82, 2.24) is 25.1 Å². The lowest BCUT2D eigenvalue weighted by Crippen LogP contribution is -2.40. The Hall–Kier alpha value is -2.49. The van der Waals surface area contributed by atoms with E-state index in [0.717, 1.165) is 80.0 Å². The molecule has 1 aromatic heterocycles. The zero-order valence-corrected chi connectivity index (χ0v) is 21.1. The van der Waals surface area contributed by atoms with E-state index in [1.165, 1.54) is 0 Å². The maximum Gasteiger partial charge on any atom is 0.252 e. The van der Waals surface area contributed by atoms with Crippen LogP contribution >= 0.6 is 11.8 Å². The summed E-state index contributed by atoms with van der Waals surface area (Å²) in [6, 6.07) is 7.29. The first kappa shape index (κ1) is 24.2. The summed E-state index contributed by atoms with van der Waals surface area (Å²) in [6.45, 7) is 8.08. The number of nitrogens with one attached hydrogen (secondary N) is 1. The van der Waals surface area contributed by atoms with Crippen molar-refractivity contribution in [2.75, 3.05) is 51.7 Å². The third kappa shape index (κ3) is 5.68. The number of hydrogen-bond donors (Lipinski definition) is 1. The zero-order valence-electron chi connectivity index (χ0n) is 20.2. The van der Waals surface area contributed by atoms with Crippen molar-refractivity contribution in [1.29, 1.82) is 0 Å². The molecule has 1 aromatic carbocycles. The quantitative estimate of drug-likeness (QED) is 0.467. The van der Waals surface area contributed by atoms with Gasteiger partial charge in [0.1, 0.15) is 0 Å². The Bertz CT molecular complexity index is 1070. The highest BCUT2D eigenvalue weighted by Crippen LogP contribution is 2.32. The molecule has 3 aliphatic heterocycles.